The number of carboxylic acid groups (broad SMARTS) is 1. The number of carbonyl (C=O) groups excluding carboxylic acids is 2. The highest BCUT2D eigenvalue weighted by Crippen LogP contribution is 2.20. The minimum Gasteiger partial charge on any atom is -0.478 e. The second-order valence-electron chi connectivity index (χ2n) is 5.99. The Morgan fingerprint density at radius 2 is 1.73 bits per heavy atom. The first-order valence-corrected chi connectivity index (χ1v) is 7.91. The molecule has 6 heteroatoms. The number of carboxylic acids is 1. The summed E-state index contributed by atoms with van der Waals surface area (Å²) in [5.74, 6) is -1.60. The Bertz CT molecular complexity index is 868. The fraction of sp³-hybridized carbons (Fsp3) is 0.150. The summed E-state index contributed by atoms with van der Waals surface area (Å²) in [5, 5.41) is 11.5. The fourth-order valence-corrected chi connectivity index (χ4v) is 2.32. The third-order valence-electron chi connectivity index (χ3n) is 3.86. The highest BCUT2D eigenvalue weighted by Gasteiger charge is 2.11. The van der Waals surface area contributed by atoms with Crippen molar-refractivity contribution in [1.29, 1.82) is 0 Å². The van der Waals surface area contributed by atoms with Crippen molar-refractivity contribution >= 4 is 35.6 Å². The maximum Gasteiger partial charge on any atom is 0.335 e. The predicted octanol–water partition coefficient (Wildman–Crippen LogP) is 2.98. The van der Waals surface area contributed by atoms with E-state index in [1.165, 1.54) is 30.3 Å². The van der Waals surface area contributed by atoms with Crippen LogP contribution in [0.3, 0.4) is 0 Å². The number of amides is 1. The summed E-state index contributed by atoms with van der Waals surface area (Å²) >= 11 is 0. The number of carbonyl (C=O) groups is 3. The largest absolute Gasteiger partial charge is 0.478 e. The smallest absolute Gasteiger partial charge is 0.335 e. The molecule has 134 valence electrons. The molecule has 0 bridgehead atoms. The van der Waals surface area contributed by atoms with Crippen LogP contribution in [0.5, 0.6) is 0 Å². The molecule has 0 unspecified atom stereocenters. The third-order valence-corrected chi connectivity index (χ3v) is 3.86. The van der Waals surface area contributed by atoms with Crippen molar-refractivity contribution in [2.45, 2.75) is 6.92 Å². The Labute approximate surface area is 151 Å². The molecule has 0 fully saturated rings. The van der Waals surface area contributed by atoms with Crippen LogP contribution in [0.2, 0.25) is 0 Å². The van der Waals surface area contributed by atoms with Crippen molar-refractivity contribution in [3.63, 3.8) is 0 Å². The SMILES string of the molecule is Cc1cc(N(C)C)ccc1C=C(C=O)C(=O)Nc1ccc(C(=O)O)cc1. The molecule has 2 N–H and O–H groups in total. The average Bonchev–Trinajstić information content (AvgIpc) is 2.60. The van der Waals surface area contributed by atoms with Gasteiger partial charge in [0.05, 0.1) is 11.1 Å². The normalized spacial score (nSPS) is 11.0. The first-order chi connectivity index (χ1) is 12.3. The van der Waals surface area contributed by atoms with Crippen molar-refractivity contribution in [2.75, 3.05) is 24.3 Å². The number of benzene rings is 2. The Kier molecular flexibility index (Phi) is 5.90. The molecule has 0 radical (unpaired) electrons. The number of nitrogens with one attached hydrogen (secondary N) is 1. The molecule has 26 heavy (non-hydrogen) atoms. The van der Waals surface area contributed by atoms with Crippen LogP contribution in [0.25, 0.3) is 6.08 Å². The van der Waals surface area contributed by atoms with Gasteiger partial charge in [0.25, 0.3) is 5.91 Å². The van der Waals surface area contributed by atoms with E-state index in [0.717, 1.165) is 16.8 Å². The molecule has 0 saturated carbocycles. The molecule has 6 nitrogen and oxygen atoms in total. The van der Waals surface area contributed by atoms with Gasteiger partial charge < -0.3 is 15.3 Å². The van der Waals surface area contributed by atoms with Gasteiger partial charge >= 0.3 is 5.97 Å². The Morgan fingerprint density at radius 1 is 1.08 bits per heavy atom. The number of hydrogen-bond acceptors (Lipinski definition) is 4. The number of aryl methyl sites for hydroxylation is 1. The average molecular weight is 352 g/mol. The lowest BCUT2D eigenvalue weighted by atomic mass is 10.0. The molecule has 2 rings (SSSR count). The topological polar surface area (TPSA) is 86.7 Å². The molecule has 0 aromatic heterocycles. The van der Waals surface area contributed by atoms with Crippen LogP contribution in [0, 0.1) is 6.92 Å². The van der Waals surface area contributed by atoms with Gasteiger partial charge in [-0.05, 0) is 60.5 Å². The van der Waals surface area contributed by atoms with E-state index in [-0.39, 0.29) is 11.1 Å². The molecule has 0 heterocycles. The summed E-state index contributed by atoms with van der Waals surface area (Å²) in [5.41, 5.74) is 3.24. The van der Waals surface area contributed by atoms with Crippen LogP contribution in [0.1, 0.15) is 21.5 Å². The zero-order valence-electron chi connectivity index (χ0n) is 14.8. The zero-order chi connectivity index (χ0) is 19.3. The van der Waals surface area contributed by atoms with E-state index in [9.17, 15) is 14.4 Å². The van der Waals surface area contributed by atoms with Gasteiger partial charge in [0.1, 0.15) is 0 Å². The van der Waals surface area contributed by atoms with E-state index in [4.69, 9.17) is 5.11 Å². The standard InChI is InChI=1S/C20H20N2O4/c1-13-10-18(22(2)3)9-6-15(13)11-16(12-23)19(24)21-17-7-4-14(5-8-17)20(25)26/h4-12H,1-3H3,(H,21,24)(H,25,26). The van der Waals surface area contributed by atoms with E-state index < -0.39 is 11.9 Å². The van der Waals surface area contributed by atoms with Gasteiger partial charge in [-0.2, -0.15) is 0 Å². The van der Waals surface area contributed by atoms with Gasteiger partial charge in [-0.15, -0.1) is 0 Å². The minimum absolute atomic E-state index is 0.0204. The van der Waals surface area contributed by atoms with Crippen molar-refractivity contribution in [3.8, 4) is 0 Å². The highest BCUT2D eigenvalue weighted by atomic mass is 16.4. The van der Waals surface area contributed by atoms with E-state index in [0.29, 0.717) is 12.0 Å². The second-order valence-corrected chi connectivity index (χ2v) is 5.99. The quantitative estimate of drug-likeness (QED) is 0.361. The van der Waals surface area contributed by atoms with Gasteiger partial charge in [-0.25, -0.2) is 4.79 Å². The Morgan fingerprint density at radius 3 is 2.23 bits per heavy atom. The molecule has 2 aromatic rings. The Hall–Kier alpha value is -3.41. The van der Waals surface area contributed by atoms with Gasteiger partial charge in [-0.1, -0.05) is 6.07 Å². The lowest BCUT2D eigenvalue weighted by Gasteiger charge is -2.14. The lowest BCUT2D eigenvalue weighted by molar-refractivity contribution is -0.115. The van der Waals surface area contributed by atoms with Crippen molar-refractivity contribution in [1.82, 2.24) is 0 Å². The van der Waals surface area contributed by atoms with Gasteiger partial charge in [0, 0.05) is 25.5 Å². The number of aldehydes is 1. The minimum atomic E-state index is -1.05. The molecule has 0 atom stereocenters. The molecular weight excluding hydrogens is 332 g/mol. The number of hydrogen-bond donors (Lipinski definition) is 2. The van der Waals surface area contributed by atoms with Crippen LogP contribution in [0.4, 0.5) is 11.4 Å². The van der Waals surface area contributed by atoms with Crippen molar-refractivity contribution in [3.05, 3.63) is 64.7 Å². The lowest BCUT2D eigenvalue weighted by Crippen LogP contribution is -2.15. The monoisotopic (exact) mass is 352 g/mol. The summed E-state index contributed by atoms with van der Waals surface area (Å²) in [4.78, 5) is 36.5. The molecule has 0 saturated heterocycles. The van der Waals surface area contributed by atoms with Crippen LogP contribution >= 0.6 is 0 Å². The number of aromatic carboxylic acids is 1. The van der Waals surface area contributed by atoms with Crippen LogP contribution in [0.15, 0.2) is 48.0 Å². The van der Waals surface area contributed by atoms with Crippen molar-refractivity contribution < 1.29 is 19.5 Å². The van der Waals surface area contributed by atoms with Crippen LogP contribution < -0.4 is 10.2 Å². The first-order valence-electron chi connectivity index (χ1n) is 7.91. The number of rotatable bonds is 6. The summed E-state index contributed by atoms with van der Waals surface area (Å²) in [6.45, 7) is 1.91. The molecule has 1 amide bonds. The number of anilines is 2. The third kappa shape index (κ3) is 4.57. The van der Waals surface area contributed by atoms with E-state index in [1.807, 2.05) is 44.1 Å². The summed E-state index contributed by atoms with van der Waals surface area (Å²) < 4.78 is 0. The van der Waals surface area contributed by atoms with E-state index in [2.05, 4.69) is 5.32 Å². The molecule has 0 aliphatic carbocycles. The molecule has 0 aliphatic rings. The van der Waals surface area contributed by atoms with Crippen molar-refractivity contribution in [2.24, 2.45) is 0 Å². The fourth-order valence-electron chi connectivity index (χ4n) is 2.32. The molecule has 0 aliphatic heterocycles. The first kappa shape index (κ1) is 18.9. The summed E-state index contributed by atoms with van der Waals surface area (Å²) in [6, 6.07) is 11.4. The predicted molar refractivity (Wildman–Crippen MR) is 102 cm³/mol. The second kappa shape index (κ2) is 8.11. The summed E-state index contributed by atoms with van der Waals surface area (Å²) in [6.07, 6.45) is 2.03. The molecule has 2 aromatic carbocycles. The van der Waals surface area contributed by atoms with E-state index in [1.54, 1.807) is 0 Å². The van der Waals surface area contributed by atoms with E-state index >= 15 is 0 Å². The van der Waals surface area contributed by atoms with Crippen LogP contribution in [-0.2, 0) is 9.59 Å². The summed E-state index contributed by atoms with van der Waals surface area (Å²) in [7, 11) is 3.87. The van der Waals surface area contributed by atoms with Gasteiger partial charge in [0.2, 0.25) is 0 Å². The van der Waals surface area contributed by atoms with Gasteiger partial charge in [-0.3, -0.25) is 9.59 Å². The zero-order valence-corrected chi connectivity index (χ0v) is 14.8. The Balaban J connectivity index is 2.21. The maximum atomic E-state index is 12.3. The molecular formula is C20H20N2O4. The molecule has 0 spiro atoms. The van der Waals surface area contributed by atoms with Gasteiger partial charge in [0.15, 0.2) is 6.29 Å². The van der Waals surface area contributed by atoms with Crippen LogP contribution in [-0.4, -0.2) is 37.4 Å². The highest BCUT2D eigenvalue weighted by molar-refractivity contribution is 6.19. The maximum absolute atomic E-state index is 12.3. The number of nitrogens with zero attached hydrogens (tertiary/aromatic N) is 1.